The highest BCUT2D eigenvalue weighted by molar-refractivity contribution is 8.16. The van der Waals surface area contributed by atoms with Crippen LogP contribution in [0.25, 0.3) is 0 Å². The number of amides is 2. The summed E-state index contributed by atoms with van der Waals surface area (Å²) in [5.41, 5.74) is 0. The molecule has 1 N–H and O–H groups in total. The standard InChI is InChI=1S/C6H11ClN2OS/c1-4(2)8-6(10)9-5(7)11-3/h4H,1-3H3,(H,8,10)/b9-5+. The Morgan fingerprint density at radius 2 is 2.18 bits per heavy atom. The lowest BCUT2D eigenvalue weighted by molar-refractivity contribution is 0.247. The molecule has 64 valence electrons. The van der Waals surface area contributed by atoms with Crippen molar-refractivity contribution in [1.29, 1.82) is 0 Å². The van der Waals surface area contributed by atoms with Crippen molar-refractivity contribution < 1.29 is 4.79 Å². The summed E-state index contributed by atoms with van der Waals surface area (Å²) in [5, 5.41) is 2.58. The second-order valence-corrected chi connectivity index (χ2v) is 3.55. The molecule has 0 aliphatic carbocycles. The van der Waals surface area contributed by atoms with Crippen LogP contribution in [0.1, 0.15) is 13.8 Å². The van der Waals surface area contributed by atoms with Gasteiger partial charge in [0.05, 0.1) is 0 Å². The third-order valence-electron chi connectivity index (χ3n) is 0.770. The average Bonchev–Trinajstić information content (AvgIpc) is 1.85. The fourth-order valence-corrected chi connectivity index (χ4v) is 0.656. The highest BCUT2D eigenvalue weighted by atomic mass is 35.5. The number of aliphatic imine (C=N–C) groups is 1. The number of urea groups is 1. The summed E-state index contributed by atoms with van der Waals surface area (Å²) in [6.07, 6.45) is 1.76. The van der Waals surface area contributed by atoms with Gasteiger partial charge in [-0.1, -0.05) is 23.4 Å². The molecular formula is C6H11ClN2OS. The lowest BCUT2D eigenvalue weighted by Gasteiger charge is -2.03. The predicted molar refractivity (Wildman–Crippen MR) is 50.5 cm³/mol. The lowest BCUT2D eigenvalue weighted by Crippen LogP contribution is -2.27. The molecule has 0 fully saturated rings. The molecule has 0 bridgehead atoms. The molecule has 0 aromatic carbocycles. The van der Waals surface area contributed by atoms with Gasteiger partial charge in [0.1, 0.15) is 0 Å². The molecule has 0 aromatic rings. The maximum atomic E-state index is 10.8. The number of hydrogen-bond donors (Lipinski definition) is 1. The molecule has 2 amide bonds. The minimum Gasteiger partial charge on any atom is -0.334 e. The van der Waals surface area contributed by atoms with Crippen LogP contribution in [-0.2, 0) is 0 Å². The first-order valence-electron chi connectivity index (χ1n) is 3.15. The van der Waals surface area contributed by atoms with Gasteiger partial charge in [0.25, 0.3) is 0 Å². The molecule has 0 spiro atoms. The van der Waals surface area contributed by atoms with E-state index in [1.165, 1.54) is 11.8 Å². The van der Waals surface area contributed by atoms with Crippen molar-refractivity contribution in [3.05, 3.63) is 0 Å². The van der Waals surface area contributed by atoms with Gasteiger partial charge in [0.15, 0.2) is 4.50 Å². The van der Waals surface area contributed by atoms with E-state index in [9.17, 15) is 4.79 Å². The van der Waals surface area contributed by atoms with E-state index >= 15 is 0 Å². The van der Waals surface area contributed by atoms with Crippen LogP contribution >= 0.6 is 23.4 Å². The SMILES string of the molecule is CS/C(Cl)=N/C(=O)NC(C)C. The van der Waals surface area contributed by atoms with Crippen molar-refractivity contribution >= 4 is 33.9 Å². The summed E-state index contributed by atoms with van der Waals surface area (Å²) in [5.74, 6) is 0. The maximum Gasteiger partial charge on any atom is 0.343 e. The van der Waals surface area contributed by atoms with Gasteiger partial charge in [0, 0.05) is 6.04 Å². The number of nitrogens with zero attached hydrogens (tertiary/aromatic N) is 1. The quantitative estimate of drug-likeness (QED) is 0.513. The van der Waals surface area contributed by atoms with Gasteiger partial charge in [-0.15, -0.1) is 0 Å². The zero-order chi connectivity index (χ0) is 8.85. The van der Waals surface area contributed by atoms with Crippen LogP contribution in [-0.4, -0.2) is 22.8 Å². The molecule has 0 atom stereocenters. The van der Waals surface area contributed by atoms with Gasteiger partial charge in [0.2, 0.25) is 0 Å². The summed E-state index contributed by atoms with van der Waals surface area (Å²) in [7, 11) is 0. The fourth-order valence-electron chi connectivity index (χ4n) is 0.405. The molecule has 0 aromatic heterocycles. The van der Waals surface area contributed by atoms with Gasteiger partial charge in [-0.3, -0.25) is 0 Å². The van der Waals surface area contributed by atoms with Gasteiger partial charge in [-0.05, 0) is 20.1 Å². The van der Waals surface area contributed by atoms with E-state index in [4.69, 9.17) is 11.6 Å². The molecule has 0 saturated carbocycles. The van der Waals surface area contributed by atoms with E-state index < -0.39 is 0 Å². The molecule has 0 heterocycles. The van der Waals surface area contributed by atoms with E-state index in [2.05, 4.69) is 10.3 Å². The molecule has 11 heavy (non-hydrogen) atoms. The maximum absolute atomic E-state index is 10.8. The van der Waals surface area contributed by atoms with E-state index in [-0.39, 0.29) is 16.6 Å². The van der Waals surface area contributed by atoms with Crippen LogP contribution < -0.4 is 5.32 Å². The van der Waals surface area contributed by atoms with Crippen LogP contribution in [0.3, 0.4) is 0 Å². The van der Waals surface area contributed by atoms with Crippen molar-refractivity contribution in [3.8, 4) is 0 Å². The average molecular weight is 195 g/mol. The minimum atomic E-state index is -0.389. The van der Waals surface area contributed by atoms with Gasteiger partial charge in [-0.2, -0.15) is 4.99 Å². The molecule has 5 heteroatoms. The monoisotopic (exact) mass is 194 g/mol. The van der Waals surface area contributed by atoms with E-state index in [0.717, 1.165) is 0 Å². The number of rotatable bonds is 1. The second-order valence-electron chi connectivity index (χ2n) is 2.17. The molecule has 0 rings (SSSR count). The normalized spacial score (nSPS) is 11.9. The number of thioether (sulfide) groups is 1. The van der Waals surface area contributed by atoms with Crippen LogP contribution in [0.4, 0.5) is 4.79 Å². The van der Waals surface area contributed by atoms with Crippen molar-refractivity contribution in [2.45, 2.75) is 19.9 Å². The van der Waals surface area contributed by atoms with Crippen molar-refractivity contribution in [3.63, 3.8) is 0 Å². The first-order valence-corrected chi connectivity index (χ1v) is 4.75. The van der Waals surface area contributed by atoms with E-state index in [1.807, 2.05) is 13.8 Å². The van der Waals surface area contributed by atoms with Gasteiger partial charge in [-0.25, -0.2) is 4.79 Å². The molecule has 0 unspecified atom stereocenters. The van der Waals surface area contributed by atoms with Gasteiger partial charge < -0.3 is 5.32 Å². The summed E-state index contributed by atoms with van der Waals surface area (Å²) in [6, 6.07) is -0.295. The number of carbonyl (C=O) groups is 1. The summed E-state index contributed by atoms with van der Waals surface area (Å²) >= 11 is 6.73. The molecule has 0 aliphatic rings. The smallest absolute Gasteiger partial charge is 0.334 e. The summed E-state index contributed by atoms with van der Waals surface area (Å²) in [6.45, 7) is 3.72. The molecule has 0 radical (unpaired) electrons. The zero-order valence-electron chi connectivity index (χ0n) is 6.72. The Bertz CT molecular complexity index is 170. The first kappa shape index (κ1) is 10.8. The van der Waals surface area contributed by atoms with Gasteiger partial charge >= 0.3 is 6.03 Å². The van der Waals surface area contributed by atoms with Crippen molar-refractivity contribution in [1.82, 2.24) is 5.32 Å². The third kappa shape index (κ3) is 6.19. The Morgan fingerprint density at radius 3 is 2.55 bits per heavy atom. The van der Waals surface area contributed by atoms with Crippen molar-refractivity contribution in [2.24, 2.45) is 4.99 Å². The van der Waals surface area contributed by atoms with Crippen LogP contribution in [0.5, 0.6) is 0 Å². The van der Waals surface area contributed by atoms with E-state index in [1.54, 1.807) is 6.26 Å². The predicted octanol–water partition coefficient (Wildman–Crippen LogP) is 2.06. The summed E-state index contributed by atoms with van der Waals surface area (Å²) < 4.78 is 0.253. The number of carbonyl (C=O) groups excluding carboxylic acids is 1. The van der Waals surface area contributed by atoms with Crippen LogP contribution in [0.15, 0.2) is 4.99 Å². The fraction of sp³-hybridized carbons (Fsp3) is 0.667. The molecule has 0 saturated heterocycles. The third-order valence-corrected chi connectivity index (χ3v) is 1.75. The largest absolute Gasteiger partial charge is 0.343 e. The molecule has 3 nitrogen and oxygen atoms in total. The number of hydrogen-bond acceptors (Lipinski definition) is 2. The first-order chi connectivity index (χ1) is 5.06. The minimum absolute atomic E-state index is 0.0950. The lowest BCUT2D eigenvalue weighted by atomic mass is 10.4. The Morgan fingerprint density at radius 1 is 1.64 bits per heavy atom. The van der Waals surface area contributed by atoms with E-state index in [0.29, 0.717) is 0 Å². The zero-order valence-corrected chi connectivity index (χ0v) is 8.29. The molecule has 0 aliphatic heterocycles. The summed E-state index contributed by atoms with van der Waals surface area (Å²) in [4.78, 5) is 14.4. The molecular weight excluding hydrogens is 184 g/mol. The number of halogens is 1. The van der Waals surface area contributed by atoms with Crippen molar-refractivity contribution in [2.75, 3.05) is 6.26 Å². The Balaban J connectivity index is 3.86. The number of nitrogens with one attached hydrogen (secondary N) is 1. The van der Waals surface area contributed by atoms with Crippen LogP contribution in [0.2, 0.25) is 0 Å². The highest BCUT2D eigenvalue weighted by Crippen LogP contribution is 2.02. The highest BCUT2D eigenvalue weighted by Gasteiger charge is 2.00. The Hall–Kier alpha value is -0.220. The Labute approximate surface area is 75.6 Å². The second kappa shape index (κ2) is 5.43. The topological polar surface area (TPSA) is 41.5 Å². The Kier molecular flexibility index (Phi) is 5.32. The van der Waals surface area contributed by atoms with Crippen LogP contribution in [0, 0.1) is 0 Å².